The highest BCUT2D eigenvalue weighted by Crippen LogP contribution is 2.38. The van der Waals surface area contributed by atoms with Crippen LogP contribution in [0.5, 0.6) is 5.75 Å². The summed E-state index contributed by atoms with van der Waals surface area (Å²) in [5, 5.41) is 14.8. The summed E-state index contributed by atoms with van der Waals surface area (Å²) in [7, 11) is 1.64. The zero-order valence-corrected chi connectivity index (χ0v) is 29.9. The molecule has 3 rings (SSSR count). The van der Waals surface area contributed by atoms with Crippen molar-refractivity contribution in [2.45, 2.75) is 111 Å². The molecule has 2 fully saturated rings. The van der Waals surface area contributed by atoms with Crippen molar-refractivity contribution in [1.82, 2.24) is 15.2 Å². The molecule has 1 aliphatic heterocycles. The van der Waals surface area contributed by atoms with Gasteiger partial charge in [-0.2, -0.15) is 0 Å². The Morgan fingerprint density at radius 3 is 2.36 bits per heavy atom. The zero-order chi connectivity index (χ0) is 34.9. The number of ether oxygens (including phenoxy) is 4. The van der Waals surface area contributed by atoms with Crippen molar-refractivity contribution in [3.05, 3.63) is 17.8 Å². The zero-order valence-electron chi connectivity index (χ0n) is 29.9. The third kappa shape index (κ3) is 11.3. The first kappa shape index (κ1) is 38.5. The monoisotopic (exact) mass is 662 g/mol. The number of hydrogen-bond acceptors (Lipinski definition) is 9. The molecule has 4 atom stereocenters. The van der Waals surface area contributed by atoms with E-state index in [1.165, 1.54) is 4.90 Å². The second-order valence-corrected chi connectivity index (χ2v) is 14.5. The number of nitrogens with zero attached hydrogens (tertiary/aromatic N) is 3. The van der Waals surface area contributed by atoms with Crippen LogP contribution in [0.15, 0.2) is 12.3 Å². The highest BCUT2D eigenvalue weighted by Gasteiger charge is 2.49. The molecule has 0 bridgehead atoms. The van der Waals surface area contributed by atoms with Crippen LogP contribution in [0.2, 0.25) is 0 Å². The van der Waals surface area contributed by atoms with Crippen molar-refractivity contribution in [2.75, 3.05) is 51.5 Å². The number of rotatable bonds is 16. The summed E-state index contributed by atoms with van der Waals surface area (Å²) in [6.45, 7) is 17.0. The molecule has 1 aliphatic carbocycles. The highest BCUT2D eigenvalue weighted by atomic mass is 16.6. The lowest BCUT2D eigenvalue weighted by atomic mass is 9.84. The summed E-state index contributed by atoms with van der Waals surface area (Å²) < 4.78 is 22.6. The number of anilines is 1. The standard InChI is InChI=1S/C35H58N4O8/c1-10-45-21-24(16-22(2)3)37-32(41)27-19-38(34(43)47-35(6,7)8)20-28(31(27)40)33(42)39(25-12-13-25)30-17-29(46-15-11-14-44-9)26(18-36-30)23(4)5/h17-18,22-25,27-28,31,40H,10-16,19-21H2,1-9H3,(H,37,41)/t24-,27-,28+,31-/m1/s1. The molecule has 2 N–H and O–H groups in total. The van der Waals surface area contributed by atoms with E-state index >= 15 is 0 Å². The molecule has 0 aromatic carbocycles. The number of methoxy groups -OCH3 is 1. The maximum absolute atomic E-state index is 14.5. The Morgan fingerprint density at radius 2 is 1.79 bits per heavy atom. The number of carbonyl (C=O) groups excluding carboxylic acids is 3. The quantitative estimate of drug-likeness (QED) is 0.245. The molecule has 0 unspecified atom stereocenters. The topological polar surface area (TPSA) is 140 Å². The van der Waals surface area contributed by atoms with Gasteiger partial charge >= 0.3 is 6.09 Å². The summed E-state index contributed by atoms with van der Waals surface area (Å²) in [4.78, 5) is 49.3. The summed E-state index contributed by atoms with van der Waals surface area (Å²) in [5.41, 5.74) is 0.134. The molecule has 47 heavy (non-hydrogen) atoms. The Hall–Kier alpha value is -2.96. The number of piperidine rings is 1. The lowest BCUT2D eigenvalue weighted by Gasteiger charge is -2.42. The molecule has 12 heteroatoms. The van der Waals surface area contributed by atoms with Crippen LogP contribution < -0.4 is 15.0 Å². The fourth-order valence-corrected chi connectivity index (χ4v) is 5.79. The van der Waals surface area contributed by atoms with Gasteiger partial charge in [0.2, 0.25) is 11.8 Å². The second-order valence-electron chi connectivity index (χ2n) is 14.5. The number of amides is 3. The molecule has 1 aromatic rings. The number of carbonyl (C=O) groups is 3. The van der Waals surface area contributed by atoms with E-state index in [2.05, 4.69) is 38.0 Å². The molecule has 2 heterocycles. The van der Waals surface area contributed by atoms with Crippen LogP contribution in [-0.2, 0) is 23.8 Å². The van der Waals surface area contributed by atoms with Gasteiger partial charge in [0.1, 0.15) is 17.2 Å². The van der Waals surface area contributed by atoms with Crippen LogP contribution in [0, 0.1) is 17.8 Å². The Morgan fingerprint density at radius 1 is 1.11 bits per heavy atom. The molecule has 1 aromatic heterocycles. The van der Waals surface area contributed by atoms with E-state index in [9.17, 15) is 19.5 Å². The van der Waals surface area contributed by atoms with Gasteiger partial charge in [-0.05, 0) is 58.8 Å². The maximum atomic E-state index is 14.5. The number of hydrogen-bond donors (Lipinski definition) is 2. The fraction of sp³-hybridized carbons (Fsp3) is 0.771. The maximum Gasteiger partial charge on any atom is 0.410 e. The van der Waals surface area contributed by atoms with Crippen LogP contribution in [0.4, 0.5) is 10.6 Å². The third-order valence-corrected chi connectivity index (χ3v) is 8.24. The molecule has 2 aliphatic rings. The molecular formula is C35H58N4O8. The van der Waals surface area contributed by atoms with Gasteiger partial charge in [0.15, 0.2) is 0 Å². The average molecular weight is 663 g/mol. The summed E-state index contributed by atoms with van der Waals surface area (Å²) in [6, 6.07) is 1.39. The highest BCUT2D eigenvalue weighted by molar-refractivity contribution is 5.97. The first-order valence-corrected chi connectivity index (χ1v) is 17.2. The number of pyridine rings is 1. The smallest absolute Gasteiger partial charge is 0.410 e. The largest absolute Gasteiger partial charge is 0.493 e. The minimum absolute atomic E-state index is 0.0844. The molecule has 3 amide bonds. The van der Waals surface area contributed by atoms with Gasteiger partial charge in [0.05, 0.1) is 37.2 Å². The minimum Gasteiger partial charge on any atom is -0.493 e. The van der Waals surface area contributed by atoms with Crippen molar-refractivity contribution in [3.8, 4) is 5.75 Å². The summed E-state index contributed by atoms with van der Waals surface area (Å²) >= 11 is 0. The van der Waals surface area contributed by atoms with Gasteiger partial charge in [-0.25, -0.2) is 9.78 Å². The normalized spacial score (nSPS) is 20.7. The van der Waals surface area contributed by atoms with E-state index in [4.69, 9.17) is 18.9 Å². The van der Waals surface area contributed by atoms with Crippen molar-refractivity contribution >= 4 is 23.7 Å². The second kappa shape index (κ2) is 17.4. The van der Waals surface area contributed by atoms with Crippen LogP contribution in [0.1, 0.15) is 92.6 Å². The number of likely N-dealkylation sites (tertiary alicyclic amines) is 1. The Labute approximate surface area is 280 Å². The fourth-order valence-electron chi connectivity index (χ4n) is 5.79. The van der Waals surface area contributed by atoms with E-state index in [1.807, 2.05) is 6.92 Å². The van der Waals surface area contributed by atoms with Crippen molar-refractivity contribution in [2.24, 2.45) is 17.8 Å². The van der Waals surface area contributed by atoms with Crippen LogP contribution >= 0.6 is 0 Å². The number of aliphatic hydroxyl groups is 1. The van der Waals surface area contributed by atoms with E-state index in [0.717, 1.165) is 18.4 Å². The number of aromatic nitrogens is 1. The molecule has 0 radical (unpaired) electrons. The van der Waals surface area contributed by atoms with Gasteiger partial charge < -0.3 is 34.3 Å². The van der Waals surface area contributed by atoms with Crippen LogP contribution in [-0.4, -0.2) is 103 Å². The number of aliphatic hydroxyl groups excluding tert-OH is 1. The van der Waals surface area contributed by atoms with Gasteiger partial charge in [-0.1, -0.05) is 27.7 Å². The first-order chi connectivity index (χ1) is 22.2. The third-order valence-electron chi connectivity index (χ3n) is 8.24. The number of nitrogens with one attached hydrogen (secondary N) is 1. The van der Waals surface area contributed by atoms with Crippen molar-refractivity contribution in [3.63, 3.8) is 0 Å². The van der Waals surface area contributed by atoms with Crippen LogP contribution in [0.25, 0.3) is 0 Å². The van der Waals surface area contributed by atoms with E-state index in [0.29, 0.717) is 56.8 Å². The predicted octanol–water partition coefficient (Wildman–Crippen LogP) is 4.53. The summed E-state index contributed by atoms with van der Waals surface area (Å²) in [6.07, 6.45) is 2.70. The van der Waals surface area contributed by atoms with Gasteiger partial charge in [0, 0.05) is 63.7 Å². The minimum atomic E-state index is -1.34. The molecule has 1 saturated heterocycles. The van der Waals surface area contributed by atoms with E-state index in [1.54, 1.807) is 45.0 Å². The molecular weight excluding hydrogens is 604 g/mol. The predicted molar refractivity (Wildman–Crippen MR) is 179 cm³/mol. The molecule has 0 spiro atoms. The lowest BCUT2D eigenvalue weighted by Crippen LogP contribution is -2.61. The van der Waals surface area contributed by atoms with Gasteiger partial charge in [0.25, 0.3) is 0 Å². The van der Waals surface area contributed by atoms with E-state index in [-0.39, 0.29) is 31.1 Å². The Kier molecular flexibility index (Phi) is 14.3. The van der Waals surface area contributed by atoms with Crippen molar-refractivity contribution < 1.29 is 38.4 Å². The van der Waals surface area contributed by atoms with Crippen molar-refractivity contribution in [1.29, 1.82) is 0 Å². The van der Waals surface area contributed by atoms with Gasteiger partial charge in [-0.3, -0.25) is 14.5 Å². The first-order valence-electron chi connectivity index (χ1n) is 17.2. The van der Waals surface area contributed by atoms with Crippen LogP contribution in [0.3, 0.4) is 0 Å². The molecule has 12 nitrogen and oxygen atoms in total. The van der Waals surface area contributed by atoms with E-state index < -0.39 is 41.4 Å². The molecule has 1 saturated carbocycles. The van der Waals surface area contributed by atoms with Gasteiger partial charge in [-0.15, -0.1) is 0 Å². The average Bonchev–Trinajstić information content (AvgIpc) is 3.82. The molecule has 266 valence electrons. The Balaban J connectivity index is 1.95. The SMILES string of the molecule is CCOC[C@@H](CC(C)C)NC(=O)[C@@H]1CN(C(=O)OC(C)(C)C)C[C@H](C(=O)N(c2cc(OCCCOC)c(C(C)C)cn2)C2CC2)[C@@H]1O. The Bertz CT molecular complexity index is 1180. The summed E-state index contributed by atoms with van der Waals surface area (Å²) in [5.74, 6) is -1.48. The lowest BCUT2D eigenvalue weighted by molar-refractivity contribution is -0.141.